The maximum Gasteiger partial charge on any atom is 0.135 e. The molecular formula is C9H14N2O. The molecule has 0 amide bonds. The first-order valence-electron chi connectivity index (χ1n) is 4.58. The lowest BCUT2D eigenvalue weighted by atomic mass is 9.76. The number of hydrazone groups is 1. The summed E-state index contributed by atoms with van der Waals surface area (Å²) < 4.78 is 0. The van der Waals surface area contributed by atoms with Gasteiger partial charge in [0.15, 0.2) is 0 Å². The van der Waals surface area contributed by atoms with Crippen molar-refractivity contribution in [2.75, 3.05) is 0 Å². The minimum absolute atomic E-state index is 0.200. The highest BCUT2D eigenvalue weighted by Gasteiger charge is 2.37. The molecule has 0 spiro atoms. The lowest BCUT2D eigenvalue weighted by Crippen LogP contribution is -2.41. The maximum absolute atomic E-state index is 11.2. The van der Waals surface area contributed by atoms with Crippen molar-refractivity contribution in [3.8, 4) is 0 Å². The van der Waals surface area contributed by atoms with Gasteiger partial charge in [0, 0.05) is 18.1 Å². The third-order valence-electron chi connectivity index (χ3n) is 2.96. The van der Waals surface area contributed by atoms with Crippen LogP contribution in [0, 0.1) is 11.8 Å². The van der Waals surface area contributed by atoms with Gasteiger partial charge in [0.2, 0.25) is 0 Å². The van der Waals surface area contributed by atoms with Gasteiger partial charge in [-0.2, -0.15) is 5.10 Å². The predicted octanol–water partition coefficient (Wildman–Crippen LogP) is 0.949. The second kappa shape index (κ2) is 2.88. The van der Waals surface area contributed by atoms with E-state index in [1.807, 2.05) is 6.21 Å². The van der Waals surface area contributed by atoms with Gasteiger partial charge in [-0.25, -0.2) is 0 Å². The highest BCUT2D eigenvalue weighted by atomic mass is 16.1. The summed E-state index contributed by atoms with van der Waals surface area (Å²) in [5.74, 6) is 1.02. The van der Waals surface area contributed by atoms with Gasteiger partial charge in [-0.3, -0.25) is 4.79 Å². The number of rotatable bonds is 1. The van der Waals surface area contributed by atoms with Crippen LogP contribution < -0.4 is 5.43 Å². The normalized spacial score (nSPS) is 38.9. The Labute approximate surface area is 72.2 Å². The topological polar surface area (TPSA) is 41.5 Å². The highest BCUT2D eigenvalue weighted by molar-refractivity contribution is 5.80. The molecule has 0 bridgehead atoms. The fraction of sp³-hybridized carbons (Fsp3) is 0.778. The Morgan fingerprint density at radius 2 is 2.42 bits per heavy atom. The standard InChI is InChI=1S/C9H14N2O/c1-6(12)8-4-2-3-7-5-10-11-9(7)8/h5,7-9,11H,2-4H2,1H3. The van der Waals surface area contributed by atoms with Crippen LogP contribution in [0.25, 0.3) is 0 Å². The molecule has 66 valence electrons. The fourth-order valence-corrected chi connectivity index (χ4v) is 2.26. The number of fused-ring (bicyclic) bond motifs is 1. The molecule has 0 aromatic heterocycles. The summed E-state index contributed by atoms with van der Waals surface area (Å²) in [5.41, 5.74) is 3.04. The van der Waals surface area contributed by atoms with Crippen molar-refractivity contribution in [3.05, 3.63) is 0 Å². The van der Waals surface area contributed by atoms with E-state index in [0.29, 0.717) is 17.7 Å². The molecule has 1 fully saturated rings. The van der Waals surface area contributed by atoms with E-state index in [-0.39, 0.29) is 5.92 Å². The first-order valence-corrected chi connectivity index (χ1v) is 4.58. The first kappa shape index (κ1) is 7.77. The van der Waals surface area contributed by atoms with Crippen LogP contribution in [0.1, 0.15) is 26.2 Å². The second-order valence-electron chi connectivity index (χ2n) is 3.74. The maximum atomic E-state index is 11.2. The Hall–Kier alpha value is -0.860. The third-order valence-corrected chi connectivity index (χ3v) is 2.96. The van der Waals surface area contributed by atoms with E-state index in [1.54, 1.807) is 6.92 Å². The molecule has 0 radical (unpaired) electrons. The molecule has 12 heavy (non-hydrogen) atoms. The van der Waals surface area contributed by atoms with Crippen molar-refractivity contribution in [2.45, 2.75) is 32.2 Å². The first-order chi connectivity index (χ1) is 5.79. The number of ketones is 1. The minimum Gasteiger partial charge on any atom is -0.306 e. The zero-order chi connectivity index (χ0) is 8.55. The van der Waals surface area contributed by atoms with E-state index in [0.717, 1.165) is 6.42 Å². The fourth-order valence-electron chi connectivity index (χ4n) is 2.26. The lowest BCUT2D eigenvalue weighted by molar-refractivity contribution is -0.122. The third kappa shape index (κ3) is 1.13. The van der Waals surface area contributed by atoms with E-state index in [4.69, 9.17) is 0 Å². The van der Waals surface area contributed by atoms with Crippen LogP contribution in [-0.4, -0.2) is 18.0 Å². The molecule has 1 aliphatic carbocycles. The molecule has 2 rings (SSSR count). The molecule has 3 unspecified atom stereocenters. The van der Waals surface area contributed by atoms with E-state index in [9.17, 15) is 4.79 Å². The van der Waals surface area contributed by atoms with Crippen molar-refractivity contribution in [1.29, 1.82) is 0 Å². The number of nitrogens with zero attached hydrogens (tertiary/aromatic N) is 1. The van der Waals surface area contributed by atoms with Gasteiger partial charge in [-0.05, 0) is 19.8 Å². The van der Waals surface area contributed by atoms with Gasteiger partial charge in [-0.1, -0.05) is 6.42 Å². The summed E-state index contributed by atoms with van der Waals surface area (Å²) in [6.45, 7) is 1.69. The van der Waals surface area contributed by atoms with E-state index in [2.05, 4.69) is 10.5 Å². The van der Waals surface area contributed by atoms with Gasteiger partial charge in [0.25, 0.3) is 0 Å². The van der Waals surface area contributed by atoms with Crippen molar-refractivity contribution in [3.63, 3.8) is 0 Å². The Kier molecular flexibility index (Phi) is 1.87. The van der Waals surface area contributed by atoms with Crippen LogP contribution in [0.4, 0.5) is 0 Å². The van der Waals surface area contributed by atoms with Gasteiger partial charge < -0.3 is 5.43 Å². The van der Waals surface area contributed by atoms with Crippen LogP contribution >= 0.6 is 0 Å². The van der Waals surface area contributed by atoms with Gasteiger partial charge in [0.1, 0.15) is 5.78 Å². The molecule has 2 aliphatic rings. The van der Waals surface area contributed by atoms with Crippen LogP contribution in [0.2, 0.25) is 0 Å². The van der Waals surface area contributed by atoms with E-state index >= 15 is 0 Å². The predicted molar refractivity (Wildman–Crippen MR) is 46.9 cm³/mol. The Balaban J connectivity index is 2.11. The summed E-state index contributed by atoms with van der Waals surface area (Å²) in [7, 11) is 0. The molecule has 0 aromatic rings. The summed E-state index contributed by atoms with van der Waals surface area (Å²) in [6.07, 6.45) is 5.34. The molecule has 0 aromatic carbocycles. The molecule has 0 saturated heterocycles. The molecule has 1 aliphatic heterocycles. The van der Waals surface area contributed by atoms with Gasteiger partial charge in [-0.15, -0.1) is 0 Å². The average Bonchev–Trinajstić information content (AvgIpc) is 2.49. The summed E-state index contributed by atoms with van der Waals surface area (Å²) >= 11 is 0. The summed E-state index contributed by atoms with van der Waals surface area (Å²) in [4.78, 5) is 11.2. The highest BCUT2D eigenvalue weighted by Crippen LogP contribution is 2.31. The Bertz CT molecular complexity index is 225. The van der Waals surface area contributed by atoms with Crippen molar-refractivity contribution < 1.29 is 4.79 Å². The summed E-state index contributed by atoms with van der Waals surface area (Å²) in [5, 5.41) is 4.03. The average molecular weight is 166 g/mol. The SMILES string of the molecule is CC(=O)C1CCCC2C=NNC21. The second-order valence-corrected chi connectivity index (χ2v) is 3.74. The number of hydrogen-bond donors (Lipinski definition) is 1. The van der Waals surface area contributed by atoms with Crippen molar-refractivity contribution in [2.24, 2.45) is 16.9 Å². The monoisotopic (exact) mass is 166 g/mol. The Morgan fingerprint density at radius 1 is 1.58 bits per heavy atom. The number of carbonyl (C=O) groups excluding carboxylic acids is 1. The molecule has 1 N–H and O–H groups in total. The zero-order valence-corrected chi connectivity index (χ0v) is 7.29. The van der Waals surface area contributed by atoms with Crippen LogP contribution in [0.3, 0.4) is 0 Å². The largest absolute Gasteiger partial charge is 0.306 e. The quantitative estimate of drug-likeness (QED) is 0.630. The van der Waals surface area contributed by atoms with E-state index in [1.165, 1.54) is 12.8 Å². The Morgan fingerprint density at radius 3 is 3.17 bits per heavy atom. The molecular weight excluding hydrogens is 152 g/mol. The number of carbonyl (C=O) groups is 1. The minimum atomic E-state index is 0.200. The molecule has 3 heteroatoms. The molecule has 1 saturated carbocycles. The van der Waals surface area contributed by atoms with E-state index < -0.39 is 0 Å². The van der Waals surface area contributed by atoms with Crippen LogP contribution in [-0.2, 0) is 4.79 Å². The van der Waals surface area contributed by atoms with Crippen molar-refractivity contribution in [1.82, 2.24) is 5.43 Å². The number of Topliss-reactive ketones (excluding diaryl/α,β-unsaturated/α-hetero) is 1. The zero-order valence-electron chi connectivity index (χ0n) is 7.29. The summed E-state index contributed by atoms with van der Waals surface area (Å²) in [6, 6.07) is 0.302. The lowest BCUT2D eigenvalue weighted by Gasteiger charge is -2.30. The smallest absolute Gasteiger partial charge is 0.135 e. The molecule has 1 heterocycles. The molecule has 3 atom stereocenters. The van der Waals surface area contributed by atoms with Crippen LogP contribution in [0.15, 0.2) is 5.10 Å². The molecule has 3 nitrogen and oxygen atoms in total. The number of hydrogen-bond acceptors (Lipinski definition) is 3. The van der Waals surface area contributed by atoms with Gasteiger partial charge >= 0.3 is 0 Å². The number of nitrogens with one attached hydrogen (secondary N) is 1. The van der Waals surface area contributed by atoms with Crippen LogP contribution in [0.5, 0.6) is 0 Å². The van der Waals surface area contributed by atoms with Crippen molar-refractivity contribution >= 4 is 12.0 Å². The van der Waals surface area contributed by atoms with Gasteiger partial charge in [0.05, 0.1) is 6.04 Å².